The van der Waals surface area contributed by atoms with Crippen LogP contribution < -0.4 is 11.1 Å². The third kappa shape index (κ3) is 3.71. The van der Waals surface area contributed by atoms with E-state index in [4.69, 9.17) is 5.73 Å². The molecule has 4 N–H and O–H groups in total. The van der Waals surface area contributed by atoms with Crippen LogP contribution in [0.1, 0.15) is 29.0 Å². The SMILES string of the molecule is Cl.N[C@@H](Cc1c[nH]c2ccccc12)C(=O)Nc1nc2c(s1)CCCC2. The number of carbonyl (C=O) groups excluding carboxylic acids is 1. The Morgan fingerprint density at radius 3 is 2.96 bits per heavy atom. The number of para-hydroxylation sites is 1. The number of nitrogens with two attached hydrogens (primary N) is 1. The number of hydrogen-bond donors (Lipinski definition) is 3. The lowest BCUT2D eigenvalue weighted by Gasteiger charge is -2.10. The summed E-state index contributed by atoms with van der Waals surface area (Å²) in [7, 11) is 0. The number of amides is 1. The van der Waals surface area contributed by atoms with Crippen molar-refractivity contribution in [1.29, 1.82) is 0 Å². The van der Waals surface area contributed by atoms with Crippen molar-refractivity contribution in [1.82, 2.24) is 9.97 Å². The predicted octanol–water partition coefficient (Wildman–Crippen LogP) is 3.43. The van der Waals surface area contributed by atoms with E-state index in [2.05, 4.69) is 15.3 Å². The van der Waals surface area contributed by atoms with E-state index in [9.17, 15) is 4.79 Å². The van der Waals surface area contributed by atoms with Crippen LogP contribution >= 0.6 is 23.7 Å². The number of thiazole rings is 1. The number of benzene rings is 1. The fourth-order valence-corrected chi connectivity index (χ4v) is 4.29. The first kappa shape index (κ1) is 17.9. The van der Waals surface area contributed by atoms with Crippen molar-refractivity contribution >= 4 is 45.7 Å². The summed E-state index contributed by atoms with van der Waals surface area (Å²) in [6.45, 7) is 0. The van der Waals surface area contributed by atoms with E-state index in [1.165, 1.54) is 17.7 Å². The van der Waals surface area contributed by atoms with Crippen molar-refractivity contribution in [2.75, 3.05) is 5.32 Å². The van der Waals surface area contributed by atoms with Gasteiger partial charge in [0.1, 0.15) is 0 Å². The van der Waals surface area contributed by atoms with Gasteiger partial charge in [0.05, 0.1) is 11.7 Å². The molecule has 1 amide bonds. The zero-order valence-electron chi connectivity index (χ0n) is 13.7. The highest BCUT2D eigenvalue weighted by Gasteiger charge is 2.20. The van der Waals surface area contributed by atoms with Gasteiger partial charge in [0.15, 0.2) is 5.13 Å². The average Bonchev–Trinajstić information content (AvgIpc) is 3.18. The predicted molar refractivity (Wildman–Crippen MR) is 105 cm³/mol. The molecule has 0 unspecified atom stereocenters. The van der Waals surface area contributed by atoms with Gasteiger partial charge in [-0.05, 0) is 43.7 Å². The van der Waals surface area contributed by atoms with Crippen molar-refractivity contribution in [3.63, 3.8) is 0 Å². The molecule has 1 aliphatic rings. The van der Waals surface area contributed by atoms with E-state index in [1.54, 1.807) is 11.3 Å². The number of anilines is 1. The number of fused-ring (bicyclic) bond motifs is 2. The van der Waals surface area contributed by atoms with Gasteiger partial charge >= 0.3 is 0 Å². The largest absolute Gasteiger partial charge is 0.361 e. The Balaban J connectivity index is 0.00000182. The molecule has 0 spiro atoms. The van der Waals surface area contributed by atoms with Gasteiger partial charge in [0, 0.05) is 22.0 Å². The van der Waals surface area contributed by atoms with E-state index >= 15 is 0 Å². The van der Waals surface area contributed by atoms with Gasteiger partial charge in [-0.15, -0.1) is 23.7 Å². The molecule has 0 bridgehead atoms. The van der Waals surface area contributed by atoms with Crippen LogP contribution in [0.5, 0.6) is 0 Å². The number of nitrogens with zero attached hydrogens (tertiary/aromatic N) is 1. The van der Waals surface area contributed by atoms with Crippen LogP contribution in [0.15, 0.2) is 30.5 Å². The van der Waals surface area contributed by atoms with Crippen molar-refractivity contribution in [3.8, 4) is 0 Å². The molecule has 1 aromatic carbocycles. The first-order valence-electron chi connectivity index (χ1n) is 8.31. The molecule has 5 nitrogen and oxygen atoms in total. The van der Waals surface area contributed by atoms with Gasteiger partial charge in [0.25, 0.3) is 0 Å². The zero-order chi connectivity index (χ0) is 16.5. The molecule has 4 rings (SSSR count). The number of halogens is 1. The van der Waals surface area contributed by atoms with E-state index in [1.807, 2.05) is 30.5 Å². The Morgan fingerprint density at radius 1 is 1.32 bits per heavy atom. The minimum Gasteiger partial charge on any atom is -0.361 e. The van der Waals surface area contributed by atoms with Crippen molar-refractivity contribution < 1.29 is 4.79 Å². The Hall–Kier alpha value is -1.89. The fraction of sp³-hybridized carbons (Fsp3) is 0.333. The van der Waals surface area contributed by atoms with Crippen LogP contribution in [0.2, 0.25) is 0 Å². The highest BCUT2D eigenvalue weighted by atomic mass is 35.5. The number of carbonyl (C=O) groups is 1. The molecule has 0 saturated carbocycles. The maximum absolute atomic E-state index is 12.4. The third-order valence-corrected chi connectivity index (χ3v) is 5.60. The summed E-state index contributed by atoms with van der Waals surface area (Å²) < 4.78 is 0. The summed E-state index contributed by atoms with van der Waals surface area (Å²) in [4.78, 5) is 21.5. The number of aryl methyl sites for hydroxylation is 2. The molecule has 2 aromatic heterocycles. The summed E-state index contributed by atoms with van der Waals surface area (Å²) in [5, 5.41) is 4.69. The number of aromatic amines is 1. The number of hydrogen-bond acceptors (Lipinski definition) is 4. The molecule has 0 saturated heterocycles. The highest BCUT2D eigenvalue weighted by Crippen LogP contribution is 2.29. The van der Waals surface area contributed by atoms with Crippen LogP contribution in [-0.2, 0) is 24.1 Å². The molecule has 3 aromatic rings. The van der Waals surface area contributed by atoms with E-state index < -0.39 is 6.04 Å². The van der Waals surface area contributed by atoms with Gasteiger partial charge in [0.2, 0.25) is 5.91 Å². The Kier molecular flexibility index (Phi) is 5.42. The van der Waals surface area contributed by atoms with E-state index in [0.717, 1.165) is 35.0 Å². The summed E-state index contributed by atoms with van der Waals surface area (Å²) >= 11 is 1.59. The maximum Gasteiger partial charge on any atom is 0.243 e. The second kappa shape index (κ2) is 7.56. The Bertz CT molecular complexity index is 865. The van der Waals surface area contributed by atoms with Crippen LogP contribution in [-0.4, -0.2) is 21.9 Å². The summed E-state index contributed by atoms with van der Waals surface area (Å²) in [5.41, 5.74) is 9.39. The lowest BCUT2D eigenvalue weighted by atomic mass is 10.0. The molecular formula is C18H21ClN4OS. The van der Waals surface area contributed by atoms with Crippen molar-refractivity contribution in [2.45, 2.75) is 38.1 Å². The second-order valence-corrected chi connectivity index (χ2v) is 7.34. The van der Waals surface area contributed by atoms with Crippen molar-refractivity contribution in [2.24, 2.45) is 5.73 Å². The Morgan fingerprint density at radius 2 is 2.12 bits per heavy atom. The van der Waals surface area contributed by atoms with Crippen molar-refractivity contribution in [3.05, 3.63) is 46.6 Å². The fourth-order valence-electron chi connectivity index (χ4n) is 3.23. The van der Waals surface area contributed by atoms with Gasteiger partial charge in [-0.3, -0.25) is 4.79 Å². The third-order valence-electron chi connectivity index (χ3n) is 4.53. The van der Waals surface area contributed by atoms with Gasteiger partial charge < -0.3 is 16.0 Å². The molecule has 0 aliphatic heterocycles. The lowest BCUT2D eigenvalue weighted by Crippen LogP contribution is -2.37. The highest BCUT2D eigenvalue weighted by molar-refractivity contribution is 7.15. The molecular weight excluding hydrogens is 356 g/mol. The van der Waals surface area contributed by atoms with Gasteiger partial charge in [-0.2, -0.15) is 0 Å². The average molecular weight is 377 g/mol. The standard InChI is InChI=1S/C18H20N4OS.ClH/c19-13(9-11-10-20-14-6-2-1-5-12(11)14)17(23)22-18-21-15-7-3-4-8-16(15)24-18;/h1-2,5-6,10,13,20H,3-4,7-9,19H2,(H,21,22,23);1H/t13-;/m0./s1. The zero-order valence-corrected chi connectivity index (χ0v) is 15.4. The Labute approximate surface area is 156 Å². The second-order valence-electron chi connectivity index (χ2n) is 6.26. The molecule has 132 valence electrons. The van der Waals surface area contributed by atoms with E-state index in [0.29, 0.717) is 11.6 Å². The minimum atomic E-state index is -0.592. The molecule has 7 heteroatoms. The smallest absolute Gasteiger partial charge is 0.243 e. The van der Waals surface area contributed by atoms with Crippen LogP contribution in [0.25, 0.3) is 10.9 Å². The van der Waals surface area contributed by atoms with Crippen LogP contribution in [0, 0.1) is 0 Å². The van der Waals surface area contributed by atoms with Gasteiger partial charge in [-0.25, -0.2) is 4.98 Å². The van der Waals surface area contributed by atoms with Crippen LogP contribution in [0.3, 0.4) is 0 Å². The molecule has 1 aliphatic carbocycles. The molecule has 0 radical (unpaired) electrons. The number of H-pyrrole nitrogens is 1. The summed E-state index contributed by atoms with van der Waals surface area (Å²) in [6.07, 6.45) is 6.92. The topological polar surface area (TPSA) is 83.8 Å². The first-order chi connectivity index (χ1) is 11.7. The molecule has 1 atom stereocenters. The number of nitrogens with one attached hydrogen (secondary N) is 2. The first-order valence-corrected chi connectivity index (χ1v) is 9.12. The molecule has 2 heterocycles. The summed E-state index contributed by atoms with van der Waals surface area (Å²) in [6, 6.07) is 7.45. The van der Waals surface area contributed by atoms with E-state index in [-0.39, 0.29) is 18.3 Å². The van der Waals surface area contributed by atoms with Gasteiger partial charge in [-0.1, -0.05) is 18.2 Å². The van der Waals surface area contributed by atoms with Crippen LogP contribution in [0.4, 0.5) is 5.13 Å². The monoisotopic (exact) mass is 376 g/mol. The normalized spacial score (nSPS) is 14.6. The number of aromatic nitrogens is 2. The summed E-state index contributed by atoms with van der Waals surface area (Å²) in [5.74, 6) is -0.175. The lowest BCUT2D eigenvalue weighted by molar-refractivity contribution is -0.117. The molecule has 25 heavy (non-hydrogen) atoms. The minimum absolute atomic E-state index is 0. The molecule has 0 fully saturated rings. The quantitative estimate of drug-likeness (QED) is 0.652. The number of rotatable bonds is 4. The maximum atomic E-state index is 12.4.